The molecule has 10 nitrogen and oxygen atoms in total. The van der Waals surface area contributed by atoms with Crippen molar-refractivity contribution in [2.24, 2.45) is 0 Å². The molecule has 2 aliphatic heterocycles. The van der Waals surface area contributed by atoms with E-state index >= 15 is 0 Å². The lowest BCUT2D eigenvalue weighted by Gasteiger charge is -2.27. The SMILES string of the molecule is CCOC(=O)N1C[C@H](NC(=O)c2ccc(N3CCOCC3=O)cc2)[C@H](NC(=O)c2ccc(Cl)s2)C1. The van der Waals surface area contributed by atoms with E-state index in [2.05, 4.69) is 10.6 Å². The smallest absolute Gasteiger partial charge is 0.409 e. The molecule has 0 bridgehead atoms. The van der Waals surface area contributed by atoms with Crippen molar-refractivity contribution in [3.8, 4) is 0 Å². The van der Waals surface area contributed by atoms with Crippen molar-refractivity contribution >= 4 is 52.4 Å². The second-order valence-electron chi connectivity index (χ2n) is 8.01. The van der Waals surface area contributed by atoms with Gasteiger partial charge in [-0.05, 0) is 43.3 Å². The van der Waals surface area contributed by atoms with Crippen LogP contribution in [0.4, 0.5) is 10.5 Å². The number of carbonyl (C=O) groups excluding carboxylic acids is 4. The van der Waals surface area contributed by atoms with Gasteiger partial charge in [0.2, 0.25) is 0 Å². The van der Waals surface area contributed by atoms with Gasteiger partial charge in [-0.25, -0.2) is 4.79 Å². The average Bonchev–Trinajstić information content (AvgIpc) is 3.46. The zero-order chi connectivity index (χ0) is 24.9. The molecule has 2 aliphatic rings. The van der Waals surface area contributed by atoms with Gasteiger partial charge in [0.1, 0.15) is 6.61 Å². The quantitative estimate of drug-likeness (QED) is 0.602. The summed E-state index contributed by atoms with van der Waals surface area (Å²) in [4.78, 5) is 53.5. The molecule has 0 saturated carbocycles. The van der Waals surface area contributed by atoms with E-state index in [-0.39, 0.29) is 44.0 Å². The van der Waals surface area contributed by atoms with Crippen LogP contribution in [0.5, 0.6) is 0 Å². The van der Waals surface area contributed by atoms with Gasteiger partial charge in [0.15, 0.2) is 0 Å². The van der Waals surface area contributed by atoms with Gasteiger partial charge in [-0.3, -0.25) is 14.4 Å². The van der Waals surface area contributed by atoms with Crippen molar-refractivity contribution in [2.75, 3.05) is 44.4 Å². The summed E-state index contributed by atoms with van der Waals surface area (Å²) in [6.07, 6.45) is -0.512. The number of nitrogens with zero attached hydrogens (tertiary/aromatic N) is 2. The number of rotatable bonds is 6. The minimum absolute atomic E-state index is 0.0334. The van der Waals surface area contributed by atoms with Gasteiger partial charge in [0, 0.05) is 30.9 Å². The lowest BCUT2D eigenvalue weighted by molar-refractivity contribution is -0.125. The molecule has 0 unspecified atom stereocenters. The van der Waals surface area contributed by atoms with Gasteiger partial charge in [0.25, 0.3) is 17.7 Å². The Labute approximate surface area is 211 Å². The van der Waals surface area contributed by atoms with Crippen molar-refractivity contribution in [1.82, 2.24) is 15.5 Å². The molecule has 0 aliphatic carbocycles. The van der Waals surface area contributed by atoms with E-state index in [1.165, 1.54) is 4.90 Å². The third-order valence-electron chi connectivity index (χ3n) is 5.70. The predicted molar refractivity (Wildman–Crippen MR) is 130 cm³/mol. The summed E-state index contributed by atoms with van der Waals surface area (Å²) < 4.78 is 10.7. The number of nitrogens with one attached hydrogen (secondary N) is 2. The van der Waals surface area contributed by atoms with Crippen LogP contribution in [0.25, 0.3) is 0 Å². The van der Waals surface area contributed by atoms with E-state index in [1.54, 1.807) is 48.2 Å². The summed E-state index contributed by atoms with van der Waals surface area (Å²) in [5.74, 6) is -0.834. The fourth-order valence-corrected chi connectivity index (χ4v) is 4.92. The van der Waals surface area contributed by atoms with Crippen LogP contribution >= 0.6 is 22.9 Å². The number of hydrogen-bond donors (Lipinski definition) is 2. The first-order valence-corrected chi connectivity index (χ1v) is 12.3. The highest BCUT2D eigenvalue weighted by Crippen LogP contribution is 2.22. The third kappa shape index (κ3) is 5.92. The summed E-state index contributed by atoms with van der Waals surface area (Å²) in [6.45, 7) is 3.24. The molecule has 4 amide bonds. The summed E-state index contributed by atoms with van der Waals surface area (Å²) in [6, 6.07) is 8.87. The predicted octanol–water partition coefficient (Wildman–Crippen LogP) is 2.13. The third-order valence-corrected chi connectivity index (χ3v) is 6.93. The van der Waals surface area contributed by atoms with Gasteiger partial charge in [-0.1, -0.05) is 11.6 Å². The van der Waals surface area contributed by atoms with E-state index in [0.29, 0.717) is 33.6 Å². The number of anilines is 1. The second kappa shape index (κ2) is 11.1. The number of amides is 4. The molecule has 1 aromatic heterocycles. The Morgan fingerprint density at radius 1 is 1.09 bits per heavy atom. The molecule has 4 rings (SSSR count). The van der Waals surface area contributed by atoms with Crippen LogP contribution in [0.3, 0.4) is 0 Å². The molecule has 12 heteroatoms. The zero-order valence-electron chi connectivity index (χ0n) is 19.0. The normalized spacial score (nSPS) is 20.0. The van der Waals surface area contributed by atoms with Crippen LogP contribution in [-0.2, 0) is 14.3 Å². The minimum atomic E-state index is -0.535. The summed E-state index contributed by atoms with van der Waals surface area (Å²) >= 11 is 7.08. The van der Waals surface area contributed by atoms with Gasteiger partial charge in [-0.15, -0.1) is 11.3 Å². The summed E-state index contributed by atoms with van der Waals surface area (Å²) in [7, 11) is 0. The molecular formula is C23H25ClN4O6S. The molecule has 2 fully saturated rings. The van der Waals surface area contributed by atoms with E-state index in [0.717, 1.165) is 11.3 Å². The number of halogens is 1. The molecule has 2 N–H and O–H groups in total. The Balaban J connectivity index is 1.44. The topological polar surface area (TPSA) is 117 Å². The summed E-state index contributed by atoms with van der Waals surface area (Å²) in [5, 5.41) is 5.81. The van der Waals surface area contributed by atoms with Crippen LogP contribution in [0, 0.1) is 0 Å². The van der Waals surface area contributed by atoms with E-state index < -0.39 is 18.2 Å². The Kier molecular flexibility index (Phi) is 7.89. The highest BCUT2D eigenvalue weighted by molar-refractivity contribution is 7.18. The molecule has 0 spiro atoms. The first kappa shape index (κ1) is 25.0. The fraction of sp³-hybridized carbons (Fsp3) is 0.391. The van der Waals surface area contributed by atoms with Crippen molar-refractivity contribution in [1.29, 1.82) is 0 Å². The Morgan fingerprint density at radius 3 is 2.37 bits per heavy atom. The number of morpholine rings is 1. The molecule has 2 aromatic rings. The average molecular weight is 521 g/mol. The van der Waals surface area contributed by atoms with Gasteiger partial charge >= 0.3 is 6.09 Å². The number of ether oxygens (including phenoxy) is 2. The number of likely N-dealkylation sites (tertiary alicyclic amines) is 1. The number of benzene rings is 1. The van der Waals surface area contributed by atoms with Crippen molar-refractivity contribution in [2.45, 2.75) is 19.0 Å². The van der Waals surface area contributed by atoms with Crippen molar-refractivity contribution in [3.05, 3.63) is 51.2 Å². The highest BCUT2D eigenvalue weighted by atomic mass is 35.5. The largest absolute Gasteiger partial charge is 0.450 e. The van der Waals surface area contributed by atoms with Crippen LogP contribution in [0.2, 0.25) is 4.34 Å². The van der Waals surface area contributed by atoms with Gasteiger partial charge < -0.3 is 29.9 Å². The Hall–Kier alpha value is -3.15. The molecule has 2 atom stereocenters. The molecule has 1 aromatic carbocycles. The maximum atomic E-state index is 13.0. The Bertz CT molecular complexity index is 1110. The van der Waals surface area contributed by atoms with Crippen molar-refractivity contribution in [3.63, 3.8) is 0 Å². The number of hydrogen-bond acceptors (Lipinski definition) is 7. The lowest BCUT2D eigenvalue weighted by Crippen LogP contribution is -2.50. The molecule has 2 saturated heterocycles. The van der Waals surface area contributed by atoms with Gasteiger partial charge in [0.05, 0.1) is 34.5 Å². The molecule has 0 radical (unpaired) electrons. The highest BCUT2D eigenvalue weighted by Gasteiger charge is 2.38. The number of carbonyl (C=O) groups is 4. The van der Waals surface area contributed by atoms with Crippen LogP contribution < -0.4 is 15.5 Å². The molecule has 35 heavy (non-hydrogen) atoms. The number of thiophene rings is 1. The standard InChI is InChI=1S/C23H25ClN4O6S/c1-2-34-23(32)27-11-16(17(12-27)26-22(31)18-7-8-19(24)35-18)25-21(30)14-3-5-15(6-4-14)28-9-10-33-13-20(28)29/h3-8,16-17H,2,9-13H2,1H3,(H,25,30)(H,26,31)/t16-,17+/m0/s1. The maximum absolute atomic E-state index is 13.0. The Morgan fingerprint density at radius 2 is 1.77 bits per heavy atom. The first-order chi connectivity index (χ1) is 16.9. The van der Waals surface area contributed by atoms with Crippen molar-refractivity contribution < 1.29 is 28.7 Å². The molecular weight excluding hydrogens is 496 g/mol. The molecule has 186 valence electrons. The second-order valence-corrected chi connectivity index (χ2v) is 9.73. The van der Waals surface area contributed by atoms with Crippen LogP contribution in [0.15, 0.2) is 36.4 Å². The minimum Gasteiger partial charge on any atom is -0.450 e. The summed E-state index contributed by atoms with van der Waals surface area (Å²) in [5.41, 5.74) is 1.07. The van der Waals surface area contributed by atoms with Gasteiger partial charge in [-0.2, -0.15) is 0 Å². The van der Waals surface area contributed by atoms with E-state index in [9.17, 15) is 19.2 Å². The van der Waals surface area contributed by atoms with E-state index in [1.807, 2.05) is 0 Å². The van der Waals surface area contributed by atoms with Crippen LogP contribution in [0.1, 0.15) is 27.0 Å². The van der Waals surface area contributed by atoms with Crippen LogP contribution in [-0.4, -0.2) is 80.3 Å². The lowest BCUT2D eigenvalue weighted by atomic mass is 10.1. The monoisotopic (exact) mass is 520 g/mol. The zero-order valence-corrected chi connectivity index (χ0v) is 20.6. The first-order valence-electron chi connectivity index (χ1n) is 11.1. The molecule has 3 heterocycles. The van der Waals surface area contributed by atoms with E-state index in [4.69, 9.17) is 21.1 Å². The fourth-order valence-electron chi connectivity index (χ4n) is 3.97. The maximum Gasteiger partial charge on any atom is 0.409 e.